The average Bonchev–Trinajstić information content (AvgIpc) is 2.03. The molecule has 0 aliphatic rings. The van der Waals surface area contributed by atoms with Crippen LogP contribution in [0.1, 0.15) is 18.9 Å². The van der Waals surface area contributed by atoms with Gasteiger partial charge in [0.2, 0.25) is 0 Å². The Morgan fingerprint density at radius 2 is 2.13 bits per heavy atom. The monoisotopic (exact) mass is 252 g/mol. The fourth-order valence-electron chi connectivity index (χ4n) is 0.938. The van der Waals surface area contributed by atoms with E-state index in [9.17, 15) is 4.39 Å². The molecule has 0 spiro atoms. The van der Waals surface area contributed by atoms with Crippen LogP contribution in [0, 0.1) is 5.82 Å². The van der Waals surface area contributed by atoms with Gasteiger partial charge in [0, 0.05) is 12.2 Å². The van der Waals surface area contributed by atoms with Gasteiger partial charge in [0.15, 0.2) is 0 Å². The minimum absolute atomic E-state index is 0. The summed E-state index contributed by atoms with van der Waals surface area (Å²) in [7, 11) is 0. The van der Waals surface area contributed by atoms with E-state index in [1.165, 1.54) is 12.3 Å². The van der Waals surface area contributed by atoms with Crippen LogP contribution in [-0.2, 0) is 0 Å². The molecule has 86 valence electrons. The van der Waals surface area contributed by atoms with E-state index in [4.69, 9.17) is 5.73 Å². The average molecular weight is 253 g/mol. The maximum atomic E-state index is 12.6. The second kappa shape index (κ2) is 8.65. The molecule has 0 aliphatic carbocycles. The fourth-order valence-corrected chi connectivity index (χ4v) is 0.938. The Labute approximate surface area is 102 Å². The molecule has 1 rings (SSSR count). The zero-order valence-electron chi connectivity index (χ0n) is 8.39. The number of pyridine rings is 1. The first-order chi connectivity index (χ1) is 6.18. The number of nitrogens with two attached hydrogens (primary N) is 1. The molecule has 5 heteroatoms. The first-order valence-corrected chi connectivity index (χ1v) is 4.21. The molecule has 0 saturated heterocycles. The van der Waals surface area contributed by atoms with Crippen molar-refractivity contribution in [1.29, 1.82) is 0 Å². The topological polar surface area (TPSA) is 38.9 Å². The minimum atomic E-state index is -0.317. The summed E-state index contributed by atoms with van der Waals surface area (Å²) in [5, 5.41) is 0. The number of halogens is 3. The van der Waals surface area contributed by atoms with Gasteiger partial charge in [-0.25, -0.2) is 4.39 Å². The lowest BCUT2D eigenvalue weighted by molar-refractivity contribution is 0.621. The maximum Gasteiger partial charge on any atom is 0.142 e. The van der Waals surface area contributed by atoms with Crippen molar-refractivity contribution in [3.05, 3.63) is 35.9 Å². The summed E-state index contributed by atoms with van der Waals surface area (Å²) in [6.07, 6.45) is 7.32. The van der Waals surface area contributed by atoms with Crippen LogP contribution < -0.4 is 5.73 Å². The van der Waals surface area contributed by atoms with Crippen molar-refractivity contribution in [3.8, 4) is 0 Å². The molecule has 0 radical (unpaired) electrons. The first-order valence-electron chi connectivity index (χ1n) is 4.21. The highest BCUT2D eigenvalue weighted by molar-refractivity contribution is 5.85. The lowest BCUT2D eigenvalue weighted by Crippen LogP contribution is -2.12. The molecule has 0 unspecified atom stereocenters. The molecule has 0 aliphatic heterocycles. The summed E-state index contributed by atoms with van der Waals surface area (Å²) in [6, 6.07) is 1.57. The van der Waals surface area contributed by atoms with Crippen molar-refractivity contribution in [2.24, 2.45) is 5.73 Å². The SMILES string of the molecule is C[C@H](N)C/C=C/c1cncc(F)c1.Cl.Cl. The third-order valence-corrected chi connectivity index (χ3v) is 1.54. The van der Waals surface area contributed by atoms with Crippen LogP contribution in [0.2, 0.25) is 0 Å². The highest BCUT2D eigenvalue weighted by Crippen LogP contribution is 2.03. The van der Waals surface area contributed by atoms with Crippen molar-refractivity contribution in [2.75, 3.05) is 0 Å². The van der Waals surface area contributed by atoms with Gasteiger partial charge in [-0.1, -0.05) is 12.2 Å². The molecule has 1 aromatic rings. The van der Waals surface area contributed by atoms with E-state index in [0.717, 1.165) is 12.0 Å². The Balaban J connectivity index is 0. The van der Waals surface area contributed by atoms with Gasteiger partial charge >= 0.3 is 0 Å². The third kappa shape index (κ3) is 7.31. The molecule has 0 amide bonds. The maximum absolute atomic E-state index is 12.6. The van der Waals surface area contributed by atoms with Crippen LogP contribution in [0.5, 0.6) is 0 Å². The second-order valence-corrected chi connectivity index (χ2v) is 3.05. The lowest BCUT2D eigenvalue weighted by Gasteiger charge is -1.97. The molecule has 15 heavy (non-hydrogen) atoms. The molecule has 2 nitrogen and oxygen atoms in total. The molecule has 1 aromatic heterocycles. The van der Waals surface area contributed by atoms with Crippen molar-refractivity contribution in [2.45, 2.75) is 19.4 Å². The van der Waals surface area contributed by atoms with Gasteiger partial charge in [-0.15, -0.1) is 24.8 Å². The highest BCUT2D eigenvalue weighted by Gasteiger charge is 1.91. The molecule has 0 fully saturated rings. The van der Waals surface area contributed by atoms with Crippen molar-refractivity contribution in [3.63, 3.8) is 0 Å². The van der Waals surface area contributed by atoms with Crippen molar-refractivity contribution in [1.82, 2.24) is 4.98 Å². The van der Waals surface area contributed by atoms with Crippen molar-refractivity contribution >= 4 is 30.9 Å². The number of hydrogen-bond acceptors (Lipinski definition) is 2. The Hall–Kier alpha value is -0.640. The highest BCUT2D eigenvalue weighted by atomic mass is 35.5. The van der Waals surface area contributed by atoms with Crippen LogP contribution in [0.25, 0.3) is 6.08 Å². The summed E-state index contributed by atoms with van der Waals surface area (Å²) in [5.74, 6) is -0.317. The first kappa shape index (κ1) is 16.8. The number of hydrogen-bond donors (Lipinski definition) is 1. The summed E-state index contributed by atoms with van der Waals surface area (Å²) in [4.78, 5) is 3.72. The quantitative estimate of drug-likeness (QED) is 0.899. The van der Waals surface area contributed by atoms with Gasteiger partial charge in [-0.2, -0.15) is 0 Å². The molecule has 0 aromatic carbocycles. The van der Waals surface area contributed by atoms with Gasteiger partial charge in [0.1, 0.15) is 5.82 Å². The van der Waals surface area contributed by atoms with E-state index in [2.05, 4.69) is 4.98 Å². The normalized spacial score (nSPS) is 11.7. The van der Waals surface area contributed by atoms with Gasteiger partial charge in [-0.05, 0) is 25.0 Å². The summed E-state index contributed by atoms with van der Waals surface area (Å²) in [5.41, 5.74) is 6.31. The van der Waals surface area contributed by atoms with E-state index in [1.807, 2.05) is 19.1 Å². The zero-order chi connectivity index (χ0) is 9.68. The van der Waals surface area contributed by atoms with Crippen molar-refractivity contribution < 1.29 is 4.39 Å². The van der Waals surface area contributed by atoms with Crippen LogP contribution >= 0.6 is 24.8 Å². The summed E-state index contributed by atoms with van der Waals surface area (Å²) in [6.45, 7) is 1.92. The Bertz CT molecular complexity index is 303. The predicted octanol–water partition coefficient (Wildman–Crippen LogP) is 2.81. The minimum Gasteiger partial charge on any atom is -0.328 e. The van der Waals surface area contributed by atoms with Crippen LogP contribution in [0.15, 0.2) is 24.5 Å². The molecule has 1 heterocycles. The Morgan fingerprint density at radius 3 is 2.67 bits per heavy atom. The number of rotatable bonds is 3. The van der Waals surface area contributed by atoms with Crippen LogP contribution in [0.3, 0.4) is 0 Å². The zero-order valence-corrected chi connectivity index (χ0v) is 10.0. The smallest absolute Gasteiger partial charge is 0.142 e. The molecule has 0 saturated carbocycles. The van der Waals surface area contributed by atoms with E-state index < -0.39 is 0 Å². The summed E-state index contributed by atoms with van der Waals surface area (Å²) >= 11 is 0. The van der Waals surface area contributed by atoms with E-state index >= 15 is 0 Å². The second-order valence-electron chi connectivity index (χ2n) is 3.05. The van der Waals surface area contributed by atoms with Gasteiger partial charge < -0.3 is 5.73 Å². The van der Waals surface area contributed by atoms with Gasteiger partial charge in [-0.3, -0.25) is 4.98 Å². The molecular formula is C10H15Cl2FN2. The molecular weight excluding hydrogens is 238 g/mol. The molecule has 2 N–H and O–H groups in total. The number of aromatic nitrogens is 1. The predicted molar refractivity (Wildman–Crippen MR) is 66.0 cm³/mol. The van der Waals surface area contributed by atoms with E-state index in [0.29, 0.717) is 0 Å². The lowest BCUT2D eigenvalue weighted by atomic mass is 10.2. The Morgan fingerprint density at radius 1 is 1.47 bits per heavy atom. The molecule has 0 bridgehead atoms. The van der Waals surface area contributed by atoms with E-state index in [1.54, 1.807) is 6.20 Å². The number of nitrogens with zero attached hydrogens (tertiary/aromatic N) is 1. The molecule has 1 atom stereocenters. The van der Waals surface area contributed by atoms with E-state index in [-0.39, 0.29) is 36.7 Å². The standard InChI is InChI=1S/C10H13FN2.2ClH/c1-8(12)3-2-4-9-5-10(11)7-13-6-9;;/h2,4-8H,3,12H2,1H3;2*1H/b4-2+;;/t8-;;/m0../s1. The van der Waals surface area contributed by atoms with Gasteiger partial charge in [0.25, 0.3) is 0 Å². The van der Waals surface area contributed by atoms with Crippen LogP contribution in [-0.4, -0.2) is 11.0 Å². The Kier molecular flexibility index (Phi) is 9.68. The van der Waals surface area contributed by atoms with Gasteiger partial charge in [0.05, 0.1) is 6.20 Å². The summed E-state index contributed by atoms with van der Waals surface area (Å²) < 4.78 is 12.6. The fraction of sp³-hybridized carbons (Fsp3) is 0.300. The van der Waals surface area contributed by atoms with Crippen LogP contribution in [0.4, 0.5) is 4.39 Å². The largest absolute Gasteiger partial charge is 0.328 e. The third-order valence-electron chi connectivity index (χ3n) is 1.54.